The lowest BCUT2D eigenvalue weighted by Gasteiger charge is -2.43. The number of hydrogen-bond donors (Lipinski definition) is 2. The van der Waals surface area contributed by atoms with Gasteiger partial charge < -0.3 is 24.4 Å². The fraction of sp³-hybridized carbons (Fsp3) is 0.269. The Morgan fingerprint density at radius 2 is 0.895 bits per heavy atom. The van der Waals surface area contributed by atoms with Gasteiger partial charge >= 0.3 is 0 Å². The average molecular weight is 759 g/mol. The molecule has 2 atom stereocenters. The van der Waals surface area contributed by atoms with Gasteiger partial charge in [0, 0.05) is 5.56 Å². The van der Waals surface area contributed by atoms with Gasteiger partial charge in [-0.05, 0) is 101 Å². The zero-order valence-corrected chi connectivity index (χ0v) is 34.4. The minimum absolute atomic E-state index is 0.372. The highest BCUT2D eigenvalue weighted by Crippen LogP contribution is 2.52. The van der Waals surface area contributed by atoms with E-state index in [1.165, 1.54) is 0 Å². The number of rotatable bonds is 11. The molecule has 0 unspecified atom stereocenters. The number of hydrogen-bond acceptors (Lipinski definition) is 5. The predicted molar refractivity (Wildman–Crippen MR) is 229 cm³/mol. The smallest absolute Gasteiger partial charge is 0.185 e. The van der Waals surface area contributed by atoms with Crippen LogP contribution in [0.2, 0.25) is 0 Å². The van der Waals surface area contributed by atoms with E-state index < -0.39 is 29.7 Å². The monoisotopic (exact) mass is 758 g/mol. The average Bonchev–Trinajstić information content (AvgIpc) is 3.62. The summed E-state index contributed by atoms with van der Waals surface area (Å²) in [4.78, 5) is 0. The predicted octanol–water partition coefficient (Wildman–Crippen LogP) is 11.0. The van der Waals surface area contributed by atoms with E-state index in [-0.39, 0.29) is 0 Å². The van der Waals surface area contributed by atoms with Gasteiger partial charge in [-0.1, -0.05) is 166 Å². The van der Waals surface area contributed by atoms with Crippen molar-refractivity contribution in [3.05, 3.63) is 211 Å². The van der Waals surface area contributed by atoms with E-state index >= 15 is 0 Å². The number of benzene rings is 6. The number of aliphatic hydroxyl groups is 2. The van der Waals surface area contributed by atoms with Crippen LogP contribution < -0.4 is 4.74 Å². The summed E-state index contributed by atoms with van der Waals surface area (Å²) in [6.45, 7) is 20.5. The van der Waals surface area contributed by atoms with Crippen LogP contribution in [0.5, 0.6) is 5.75 Å². The van der Waals surface area contributed by atoms with Crippen molar-refractivity contribution in [3.8, 4) is 5.75 Å². The van der Waals surface area contributed by atoms with Crippen LogP contribution in [0.4, 0.5) is 0 Å². The van der Waals surface area contributed by atoms with Crippen LogP contribution in [0.25, 0.3) is 6.08 Å². The van der Waals surface area contributed by atoms with Crippen molar-refractivity contribution < 1.29 is 24.4 Å². The molecule has 0 amide bonds. The molecule has 6 aromatic rings. The van der Waals surface area contributed by atoms with E-state index in [2.05, 4.69) is 30.8 Å². The van der Waals surface area contributed by atoms with Crippen molar-refractivity contribution in [1.82, 2.24) is 0 Å². The van der Waals surface area contributed by atoms with Crippen molar-refractivity contribution >= 4 is 6.08 Å². The second-order valence-electron chi connectivity index (χ2n) is 16.3. The normalized spacial score (nSPS) is 16.2. The summed E-state index contributed by atoms with van der Waals surface area (Å²) in [5.74, 6) is 0.644. The maximum Gasteiger partial charge on any atom is 0.185 e. The Hall–Kier alpha value is -5.30. The summed E-state index contributed by atoms with van der Waals surface area (Å²) in [7, 11) is 0. The van der Waals surface area contributed by atoms with Crippen LogP contribution in [-0.2, 0) is 27.3 Å². The Morgan fingerprint density at radius 1 is 0.526 bits per heavy atom. The molecule has 0 spiro atoms. The molecule has 0 aliphatic carbocycles. The Labute approximate surface area is 338 Å². The Kier molecular flexibility index (Phi) is 11.1. The molecule has 2 N–H and O–H groups in total. The van der Waals surface area contributed by atoms with Crippen molar-refractivity contribution in [2.24, 2.45) is 0 Å². The molecule has 0 bridgehead atoms. The van der Waals surface area contributed by atoms with E-state index in [4.69, 9.17) is 14.2 Å². The van der Waals surface area contributed by atoms with Gasteiger partial charge in [0.1, 0.15) is 35.8 Å². The van der Waals surface area contributed by atoms with Crippen LogP contribution in [0.3, 0.4) is 0 Å². The molecule has 5 nitrogen and oxygen atoms in total. The van der Waals surface area contributed by atoms with Crippen LogP contribution in [-0.4, -0.2) is 22.4 Å². The van der Waals surface area contributed by atoms with Gasteiger partial charge in [0.25, 0.3) is 0 Å². The minimum atomic E-state index is -1.77. The second kappa shape index (κ2) is 15.9. The highest BCUT2D eigenvalue weighted by atomic mass is 16.7. The first-order valence-electron chi connectivity index (χ1n) is 19.7. The third kappa shape index (κ3) is 8.12. The molecule has 0 aromatic heterocycles. The zero-order chi connectivity index (χ0) is 40.6. The Balaban J connectivity index is 1.43. The van der Waals surface area contributed by atoms with Crippen LogP contribution in [0, 0.1) is 55.4 Å². The lowest BCUT2D eigenvalue weighted by atomic mass is 9.70. The maximum atomic E-state index is 13.8. The molecule has 57 heavy (non-hydrogen) atoms. The first-order valence-corrected chi connectivity index (χ1v) is 19.7. The molecule has 0 radical (unpaired) electrons. The maximum absolute atomic E-state index is 13.8. The Bertz CT molecular complexity index is 2120. The van der Waals surface area contributed by atoms with Crippen molar-refractivity contribution in [3.63, 3.8) is 0 Å². The molecule has 1 heterocycles. The summed E-state index contributed by atoms with van der Waals surface area (Å²) < 4.78 is 20.6. The molecular formula is C52H54O5. The van der Waals surface area contributed by atoms with E-state index in [9.17, 15) is 10.2 Å². The summed E-state index contributed by atoms with van der Waals surface area (Å²) >= 11 is 0. The SMILES string of the molecule is C=Cc1ccc(COc2cccc(C3O[C@H](C(O)(c4cc(C)cc(C)c4)c4cc(C)cc(C)c4)[C@@H](C(O)(c4cc(C)cc(C)c4)c4cc(C)cc(C)c4)O3)c2)cc1. The van der Waals surface area contributed by atoms with E-state index in [1.54, 1.807) is 0 Å². The van der Waals surface area contributed by atoms with E-state index in [1.807, 2.05) is 159 Å². The molecule has 292 valence electrons. The van der Waals surface area contributed by atoms with Gasteiger partial charge in [0.05, 0.1) is 0 Å². The van der Waals surface area contributed by atoms with Crippen molar-refractivity contribution in [2.75, 3.05) is 0 Å². The molecule has 1 saturated heterocycles. The second-order valence-corrected chi connectivity index (χ2v) is 16.3. The molecule has 5 heteroatoms. The summed E-state index contributed by atoms with van der Waals surface area (Å²) in [6.07, 6.45) is -1.37. The quantitative estimate of drug-likeness (QED) is 0.138. The van der Waals surface area contributed by atoms with Crippen molar-refractivity contribution in [1.29, 1.82) is 0 Å². The van der Waals surface area contributed by atoms with E-state index in [0.29, 0.717) is 40.2 Å². The van der Waals surface area contributed by atoms with Gasteiger partial charge in [-0.15, -0.1) is 0 Å². The minimum Gasteiger partial charge on any atom is -0.489 e. The van der Waals surface area contributed by atoms with Gasteiger partial charge in [-0.25, -0.2) is 0 Å². The first-order chi connectivity index (χ1) is 27.1. The molecule has 0 saturated carbocycles. The van der Waals surface area contributed by atoms with Crippen LogP contribution in [0.1, 0.15) is 89.7 Å². The van der Waals surface area contributed by atoms with Gasteiger partial charge in [0.2, 0.25) is 0 Å². The number of aryl methyl sites for hydroxylation is 8. The highest BCUT2D eigenvalue weighted by Gasteiger charge is 2.60. The zero-order valence-electron chi connectivity index (χ0n) is 34.4. The standard InChI is InChI=1S/C52H54O5/c1-10-40-14-16-41(17-15-40)31-55-47-13-11-12-42(30-47)50-56-48(51(53,43-22-32(2)18-33(3)23-43)44-24-34(4)19-35(5)25-44)49(57-50)52(54,45-26-36(6)20-37(7)27-45)46-28-38(8)21-39(9)29-46/h10-30,48-50,53-54H,1,31H2,2-9H3/t48-,49-/m0/s1. The Morgan fingerprint density at radius 3 is 1.25 bits per heavy atom. The molecule has 6 aromatic carbocycles. The van der Waals surface area contributed by atoms with Crippen LogP contribution >= 0.6 is 0 Å². The van der Waals surface area contributed by atoms with Gasteiger partial charge in [-0.3, -0.25) is 0 Å². The molecule has 1 fully saturated rings. The first kappa shape index (κ1) is 39.9. The van der Waals surface area contributed by atoms with Crippen molar-refractivity contribution in [2.45, 2.75) is 91.7 Å². The lowest BCUT2D eigenvalue weighted by molar-refractivity contribution is -0.110. The highest BCUT2D eigenvalue weighted by molar-refractivity contribution is 5.50. The topological polar surface area (TPSA) is 68.2 Å². The van der Waals surface area contributed by atoms with E-state index in [0.717, 1.165) is 55.6 Å². The fourth-order valence-corrected chi connectivity index (χ4v) is 8.67. The third-order valence-corrected chi connectivity index (χ3v) is 11.0. The van der Waals surface area contributed by atoms with Crippen LogP contribution in [0.15, 0.2) is 128 Å². The molecule has 7 rings (SSSR count). The summed E-state index contributed by atoms with van der Waals surface area (Å²) in [5, 5.41) is 27.6. The molecule has 1 aliphatic rings. The number of ether oxygens (including phenoxy) is 3. The van der Waals surface area contributed by atoms with Gasteiger partial charge in [-0.2, -0.15) is 0 Å². The lowest BCUT2D eigenvalue weighted by Crippen LogP contribution is -2.55. The molecular weight excluding hydrogens is 705 g/mol. The largest absolute Gasteiger partial charge is 0.489 e. The fourth-order valence-electron chi connectivity index (χ4n) is 8.67. The van der Waals surface area contributed by atoms with Gasteiger partial charge in [0.15, 0.2) is 6.29 Å². The summed E-state index contributed by atoms with van der Waals surface area (Å²) in [6, 6.07) is 40.3. The molecule has 1 aliphatic heterocycles. The summed E-state index contributed by atoms with van der Waals surface area (Å²) in [5.41, 5.74) is 9.88. The third-order valence-electron chi connectivity index (χ3n) is 11.0.